The standard InChI is InChI=1S/C3HF6IO3S/c4-1(2(5,6)7)3(8,9)14(11,12)13-10/h1H. The molecule has 1 atom stereocenters. The largest absolute Gasteiger partial charge is 0.426 e. The van der Waals surface area contributed by atoms with Crippen LogP contribution in [0.2, 0.25) is 0 Å². The van der Waals surface area contributed by atoms with Gasteiger partial charge in [0.2, 0.25) is 0 Å². The first-order valence-corrected chi connectivity index (χ1v) is 4.89. The van der Waals surface area contributed by atoms with Crippen LogP contribution in [-0.2, 0) is 12.6 Å². The molecular formula is C3HF6IO3S. The van der Waals surface area contributed by atoms with Gasteiger partial charge >= 0.3 is 21.5 Å². The van der Waals surface area contributed by atoms with E-state index in [1.54, 1.807) is 0 Å². The van der Waals surface area contributed by atoms with Crippen molar-refractivity contribution < 1.29 is 37.3 Å². The van der Waals surface area contributed by atoms with Gasteiger partial charge in [0.05, 0.1) is 0 Å². The van der Waals surface area contributed by atoms with Crippen molar-refractivity contribution in [1.82, 2.24) is 0 Å². The second-order valence-corrected chi connectivity index (χ2v) is 4.64. The summed E-state index contributed by atoms with van der Waals surface area (Å²) in [6.45, 7) is 0. The molecule has 0 bridgehead atoms. The summed E-state index contributed by atoms with van der Waals surface area (Å²) in [5.74, 6) is 0. The van der Waals surface area contributed by atoms with E-state index in [4.69, 9.17) is 0 Å². The third kappa shape index (κ3) is 2.62. The smallest absolute Gasteiger partial charge is 0.229 e. The molecule has 11 heteroatoms. The molecule has 14 heavy (non-hydrogen) atoms. The van der Waals surface area contributed by atoms with Gasteiger partial charge in [0.15, 0.2) is 0 Å². The maximum Gasteiger partial charge on any atom is 0.426 e. The number of halogens is 7. The third-order valence-electron chi connectivity index (χ3n) is 0.999. The lowest BCUT2D eigenvalue weighted by molar-refractivity contribution is -0.222. The van der Waals surface area contributed by atoms with E-state index in [1.807, 2.05) is 0 Å². The molecule has 0 aromatic rings. The molecule has 0 saturated heterocycles. The van der Waals surface area contributed by atoms with Crippen LogP contribution in [0.15, 0.2) is 0 Å². The van der Waals surface area contributed by atoms with Gasteiger partial charge in [0, 0.05) is 0 Å². The van der Waals surface area contributed by atoms with Crippen molar-refractivity contribution in [3.05, 3.63) is 0 Å². The predicted octanol–water partition coefficient (Wildman–Crippen LogP) is 2.18. The summed E-state index contributed by atoms with van der Waals surface area (Å²) in [5, 5.41) is -5.66. The minimum absolute atomic E-state index is 0.415. The Morgan fingerprint density at radius 1 is 1.14 bits per heavy atom. The summed E-state index contributed by atoms with van der Waals surface area (Å²) >= 11 is 0.415. The molecule has 0 N–H and O–H groups in total. The average Bonchev–Trinajstić information content (AvgIpc) is 2.01. The fourth-order valence-corrected chi connectivity index (χ4v) is 1.55. The van der Waals surface area contributed by atoms with Gasteiger partial charge in [-0.2, -0.15) is 32.9 Å². The molecule has 0 radical (unpaired) electrons. The average molecular weight is 358 g/mol. The number of hydrogen-bond acceptors (Lipinski definition) is 3. The first-order valence-electron chi connectivity index (χ1n) is 2.60. The molecule has 0 fully saturated rings. The van der Waals surface area contributed by atoms with Crippen molar-refractivity contribution in [2.75, 3.05) is 0 Å². The molecule has 0 amide bonds. The Bertz CT molecular complexity index is 296. The van der Waals surface area contributed by atoms with Crippen molar-refractivity contribution in [2.24, 2.45) is 0 Å². The normalized spacial score (nSPS) is 16.8. The molecule has 0 rings (SSSR count). The summed E-state index contributed by atoms with van der Waals surface area (Å²) < 4.78 is 94.3. The summed E-state index contributed by atoms with van der Waals surface area (Å²) in [6, 6.07) is 0. The van der Waals surface area contributed by atoms with Gasteiger partial charge in [-0.3, -0.25) is 0 Å². The molecule has 3 nitrogen and oxygen atoms in total. The minimum Gasteiger partial charge on any atom is -0.229 e. The van der Waals surface area contributed by atoms with E-state index in [0.29, 0.717) is 23.0 Å². The van der Waals surface area contributed by atoms with Gasteiger partial charge in [-0.15, -0.1) is 0 Å². The second kappa shape index (κ2) is 4.00. The van der Waals surface area contributed by atoms with Gasteiger partial charge in [0.1, 0.15) is 23.0 Å². The molecule has 0 aliphatic heterocycles. The van der Waals surface area contributed by atoms with E-state index in [-0.39, 0.29) is 0 Å². The Morgan fingerprint density at radius 2 is 1.50 bits per heavy atom. The third-order valence-corrected chi connectivity index (χ3v) is 3.46. The number of hydrogen-bond donors (Lipinski definition) is 0. The Balaban J connectivity index is 5.18. The van der Waals surface area contributed by atoms with Gasteiger partial charge in [0.25, 0.3) is 6.17 Å². The topological polar surface area (TPSA) is 43.4 Å². The van der Waals surface area contributed by atoms with E-state index in [2.05, 4.69) is 2.51 Å². The fraction of sp³-hybridized carbons (Fsp3) is 1.00. The molecule has 0 aromatic heterocycles. The maximum atomic E-state index is 12.3. The lowest BCUT2D eigenvalue weighted by Gasteiger charge is -2.20. The van der Waals surface area contributed by atoms with E-state index < -0.39 is 27.7 Å². The van der Waals surface area contributed by atoms with Gasteiger partial charge < -0.3 is 0 Å². The molecule has 0 spiro atoms. The molecule has 0 aromatic carbocycles. The van der Waals surface area contributed by atoms with E-state index in [1.165, 1.54) is 0 Å². The molecule has 1 unspecified atom stereocenters. The molecule has 86 valence electrons. The highest BCUT2D eigenvalue weighted by molar-refractivity contribution is 14.1. The Kier molecular flexibility index (Phi) is 4.06. The highest BCUT2D eigenvalue weighted by atomic mass is 127. The second-order valence-electron chi connectivity index (χ2n) is 1.98. The van der Waals surface area contributed by atoms with Crippen LogP contribution in [0.5, 0.6) is 0 Å². The zero-order valence-corrected chi connectivity index (χ0v) is 8.83. The van der Waals surface area contributed by atoms with Gasteiger partial charge in [-0.25, -0.2) is 4.39 Å². The monoisotopic (exact) mass is 358 g/mol. The molecule has 0 aliphatic carbocycles. The van der Waals surface area contributed by atoms with Crippen molar-refractivity contribution >= 4 is 33.1 Å². The number of rotatable bonds is 3. The van der Waals surface area contributed by atoms with E-state index in [9.17, 15) is 34.8 Å². The van der Waals surface area contributed by atoms with Crippen molar-refractivity contribution in [3.63, 3.8) is 0 Å². The maximum absolute atomic E-state index is 12.3. The number of alkyl halides is 6. The molecule has 0 aliphatic rings. The van der Waals surface area contributed by atoms with Crippen LogP contribution in [0, 0.1) is 0 Å². The van der Waals surface area contributed by atoms with Gasteiger partial charge in [-0.05, 0) is 0 Å². The Labute approximate surface area is 88.2 Å². The summed E-state index contributed by atoms with van der Waals surface area (Å²) in [5.41, 5.74) is 0. The summed E-state index contributed by atoms with van der Waals surface area (Å²) in [6.07, 6.45) is -10.8. The highest BCUT2D eigenvalue weighted by Gasteiger charge is 2.65. The lowest BCUT2D eigenvalue weighted by Crippen LogP contribution is -2.47. The first-order chi connectivity index (χ1) is 5.97. The molecular weight excluding hydrogens is 357 g/mol. The minimum atomic E-state index is -5.98. The van der Waals surface area contributed by atoms with Crippen LogP contribution in [0.1, 0.15) is 0 Å². The molecule has 0 heterocycles. The Hall–Kier alpha value is 0.220. The van der Waals surface area contributed by atoms with E-state index in [0.717, 1.165) is 0 Å². The highest BCUT2D eigenvalue weighted by Crippen LogP contribution is 2.39. The van der Waals surface area contributed by atoms with Crippen molar-refractivity contribution in [3.8, 4) is 0 Å². The van der Waals surface area contributed by atoms with Crippen LogP contribution in [-0.4, -0.2) is 26.0 Å². The van der Waals surface area contributed by atoms with Crippen LogP contribution in [0.4, 0.5) is 26.3 Å². The van der Waals surface area contributed by atoms with Crippen molar-refractivity contribution in [2.45, 2.75) is 17.6 Å². The zero-order chi connectivity index (χ0) is 11.8. The first kappa shape index (κ1) is 14.2. The zero-order valence-electron chi connectivity index (χ0n) is 5.86. The van der Waals surface area contributed by atoms with Crippen molar-refractivity contribution in [1.29, 1.82) is 0 Å². The lowest BCUT2D eigenvalue weighted by atomic mass is 10.4. The van der Waals surface area contributed by atoms with E-state index >= 15 is 0 Å². The van der Waals surface area contributed by atoms with Crippen LogP contribution < -0.4 is 0 Å². The predicted molar refractivity (Wildman–Crippen MR) is 39.9 cm³/mol. The van der Waals surface area contributed by atoms with Crippen LogP contribution in [0.25, 0.3) is 0 Å². The van der Waals surface area contributed by atoms with Crippen LogP contribution in [0.3, 0.4) is 0 Å². The van der Waals surface area contributed by atoms with Gasteiger partial charge in [-0.1, -0.05) is 0 Å². The summed E-state index contributed by atoms with van der Waals surface area (Å²) in [7, 11) is -5.92. The molecule has 0 saturated carbocycles. The SMILES string of the molecule is O=S(=O)(OI)C(F)(F)C(F)C(F)(F)F. The quantitative estimate of drug-likeness (QED) is 0.574. The van der Waals surface area contributed by atoms with Crippen LogP contribution >= 0.6 is 23.0 Å². The Morgan fingerprint density at radius 3 is 1.71 bits per heavy atom. The summed E-state index contributed by atoms with van der Waals surface area (Å²) in [4.78, 5) is 0. The fourth-order valence-electron chi connectivity index (χ4n) is 0.359.